The zero-order valence-electron chi connectivity index (χ0n) is 22.0. The number of fused-ring (bicyclic) bond motifs is 1. The van der Waals surface area contributed by atoms with E-state index in [1.165, 1.54) is 5.71 Å². The van der Waals surface area contributed by atoms with E-state index in [4.69, 9.17) is 9.47 Å². The first-order valence-corrected chi connectivity index (χ1v) is 12.4. The van der Waals surface area contributed by atoms with Crippen LogP contribution in [0.4, 0.5) is 17.1 Å². The van der Waals surface area contributed by atoms with Gasteiger partial charge in [-0.1, -0.05) is 12.1 Å². The number of carbonyl (C=O) groups excluding carboxylic acids is 1. The molecule has 0 saturated carbocycles. The Morgan fingerprint density at radius 1 is 0.917 bits per heavy atom. The van der Waals surface area contributed by atoms with Crippen LogP contribution >= 0.6 is 0 Å². The topological polar surface area (TPSA) is 41.8 Å². The molecule has 0 amide bonds. The minimum atomic E-state index is -0.280. The zero-order chi connectivity index (χ0) is 25.9. The maximum Gasteiger partial charge on any atom is 0.338 e. The van der Waals surface area contributed by atoms with Crippen molar-refractivity contribution < 1.29 is 18.8 Å². The Morgan fingerprint density at radius 3 is 2.17 bits per heavy atom. The summed E-state index contributed by atoms with van der Waals surface area (Å²) in [5.74, 6) is 0.602. The second-order valence-electron chi connectivity index (χ2n) is 9.43. The highest BCUT2D eigenvalue weighted by atomic mass is 16.5. The molecule has 0 N–H and O–H groups in total. The summed E-state index contributed by atoms with van der Waals surface area (Å²) >= 11 is 0. The van der Waals surface area contributed by atoms with Gasteiger partial charge in [0.05, 0.1) is 24.2 Å². The SMILES string of the molecule is CCOC(=O)c1ccc2c(c1)C(C)(C)C(/C=C/c1ccc(N(C)c3ccc(OCC)cc3)cc1)=[N+]2C. The largest absolute Gasteiger partial charge is 0.494 e. The summed E-state index contributed by atoms with van der Waals surface area (Å²) in [6.07, 6.45) is 4.32. The molecule has 36 heavy (non-hydrogen) atoms. The lowest BCUT2D eigenvalue weighted by Crippen LogP contribution is -2.26. The summed E-state index contributed by atoms with van der Waals surface area (Å²) in [6.45, 7) is 9.23. The van der Waals surface area contributed by atoms with E-state index >= 15 is 0 Å². The Bertz CT molecular complexity index is 1300. The van der Waals surface area contributed by atoms with E-state index in [0.717, 1.165) is 33.9 Å². The standard InChI is InChI=1S/C31H35N2O3/c1-7-35-26-17-15-25(16-18-26)32(5)24-13-9-22(10-14-24)11-20-29-31(3,4)27-21-23(30(34)36-8-2)12-19-28(27)33(29)6/h9-21H,7-8H2,1-6H3/q+1. The van der Waals surface area contributed by atoms with Gasteiger partial charge in [-0.05, 0) is 87.9 Å². The molecule has 4 rings (SSSR count). The van der Waals surface area contributed by atoms with Crippen LogP contribution in [0, 0.1) is 0 Å². The molecule has 3 aromatic carbocycles. The summed E-state index contributed by atoms with van der Waals surface area (Å²) < 4.78 is 13.0. The quantitative estimate of drug-likeness (QED) is 0.263. The third kappa shape index (κ3) is 4.92. The normalized spacial score (nSPS) is 14.2. The van der Waals surface area contributed by atoms with E-state index in [1.54, 1.807) is 0 Å². The molecule has 5 nitrogen and oxygen atoms in total. The number of nitrogens with zero attached hydrogens (tertiary/aromatic N) is 2. The van der Waals surface area contributed by atoms with Crippen molar-refractivity contribution >= 4 is 34.8 Å². The number of carbonyl (C=O) groups is 1. The highest BCUT2D eigenvalue weighted by molar-refractivity contribution is 6.06. The Balaban J connectivity index is 1.52. The van der Waals surface area contributed by atoms with Crippen molar-refractivity contribution in [3.63, 3.8) is 0 Å². The highest BCUT2D eigenvalue weighted by Gasteiger charge is 2.43. The van der Waals surface area contributed by atoms with Crippen LogP contribution in [-0.4, -0.2) is 43.6 Å². The first kappa shape index (κ1) is 25.2. The van der Waals surface area contributed by atoms with Crippen molar-refractivity contribution in [2.24, 2.45) is 0 Å². The number of hydrogen-bond acceptors (Lipinski definition) is 4. The maximum absolute atomic E-state index is 12.3. The van der Waals surface area contributed by atoms with E-state index in [-0.39, 0.29) is 11.4 Å². The van der Waals surface area contributed by atoms with Gasteiger partial charge in [-0.25, -0.2) is 4.79 Å². The fraction of sp³-hybridized carbons (Fsp3) is 0.290. The van der Waals surface area contributed by atoms with Gasteiger partial charge in [0, 0.05) is 36.1 Å². The molecule has 0 saturated heterocycles. The van der Waals surface area contributed by atoms with Crippen molar-refractivity contribution in [2.75, 3.05) is 32.2 Å². The van der Waals surface area contributed by atoms with Crippen molar-refractivity contribution in [1.82, 2.24) is 0 Å². The smallest absolute Gasteiger partial charge is 0.338 e. The van der Waals surface area contributed by atoms with Gasteiger partial charge in [0.25, 0.3) is 0 Å². The third-order valence-corrected chi connectivity index (χ3v) is 6.79. The molecule has 5 heteroatoms. The molecule has 3 aromatic rings. The molecule has 0 bridgehead atoms. The molecule has 0 fully saturated rings. The molecule has 0 atom stereocenters. The minimum Gasteiger partial charge on any atom is -0.494 e. The molecule has 0 spiro atoms. The number of benzene rings is 3. The van der Waals surface area contributed by atoms with Crippen LogP contribution in [0.1, 0.15) is 49.2 Å². The highest BCUT2D eigenvalue weighted by Crippen LogP contribution is 2.40. The Hall–Kier alpha value is -3.86. The summed E-state index contributed by atoms with van der Waals surface area (Å²) in [4.78, 5) is 14.4. The van der Waals surface area contributed by atoms with Crippen molar-refractivity contribution in [1.29, 1.82) is 0 Å². The molecular formula is C31H35N2O3+. The lowest BCUT2D eigenvalue weighted by molar-refractivity contribution is -0.401. The zero-order valence-corrected chi connectivity index (χ0v) is 22.0. The number of anilines is 2. The van der Waals surface area contributed by atoms with Crippen LogP contribution in [-0.2, 0) is 10.2 Å². The Morgan fingerprint density at radius 2 is 1.56 bits per heavy atom. The van der Waals surface area contributed by atoms with Gasteiger partial charge in [-0.3, -0.25) is 0 Å². The summed E-state index contributed by atoms with van der Waals surface area (Å²) in [6, 6.07) is 22.5. The first-order chi connectivity index (χ1) is 17.3. The Labute approximate surface area is 214 Å². The number of rotatable bonds is 8. The van der Waals surface area contributed by atoms with Crippen LogP contribution in [0.25, 0.3) is 6.08 Å². The summed E-state index contributed by atoms with van der Waals surface area (Å²) in [5.41, 5.74) is 7.11. The molecule has 1 heterocycles. The van der Waals surface area contributed by atoms with Gasteiger partial charge in [0.1, 0.15) is 12.8 Å². The molecule has 0 unspecified atom stereocenters. The van der Waals surface area contributed by atoms with Crippen molar-refractivity contribution in [2.45, 2.75) is 33.1 Å². The van der Waals surface area contributed by atoms with Gasteiger partial charge in [-0.15, -0.1) is 0 Å². The second-order valence-corrected chi connectivity index (χ2v) is 9.43. The minimum absolute atomic E-state index is 0.239. The molecule has 1 aliphatic heterocycles. The lowest BCUT2D eigenvalue weighted by atomic mass is 9.80. The van der Waals surface area contributed by atoms with Crippen molar-refractivity contribution in [3.8, 4) is 5.75 Å². The van der Waals surface area contributed by atoms with Gasteiger partial charge in [0.2, 0.25) is 5.69 Å². The first-order valence-electron chi connectivity index (χ1n) is 12.4. The van der Waals surface area contributed by atoms with Crippen LogP contribution in [0.5, 0.6) is 5.75 Å². The predicted octanol–water partition coefficient (Wildman–Crippen LogP) is 6.75. The number of allylic oxidation sites excluding steroid dienone is 1. The van der Waals surface area contributed by atoms with Crippen LogP contribution in [0.3, 0.4) is 0 Å². The third-order valence-electron chi connectivity index (χ3n) is 6.79. The van der Waals surface area contributed by atoms with Gasteiger partial charge in [0.15, 0.2) is 5.71 Å². The van der Waals surface area contributed by atoms with Crippen molar-refractivity contribution in [3.05, 3.63) is 89.5 Å². The molecule has 1 aliphatic rings. The number of hydrogen-bond donors (Lipinski definition) is 0. The second kappa shape index (κ2) is 10.4. The van der Waals surface area contributed by atoms with E-state index in [0.29, 0.717) is 18.8 Å². The molecule has 0 radical (unpaired) electrons. The Kier molecular flexibility index (Phi) is 7.30. The van der Waals surface area contributed by atoms with Gasteiger partial charge < -0.3 is 14.4 Å². The number of ether oxygens (including phenoxy) is 2. The molecular weight excluding hydrogens is 448 g/mol. The average Bonchev–Trinajstić information content (AvgIpc) is 3.07. The lowest BCUT2D eigenvalue weighted by Gasteiger charge is -2.20. The maximum atomic E-state index is 12.3. The van der Waals surface area contributed by atoms with Gasteiger partial charge >= 0.3 is 5.97 Å². The van der Waals surface area contributed by atoms with E-state index in [1.807, 2.05) is 44.2 Å². The van der Waals surface area contributed by atoms with Crippen LogP contribution in [0.2, 0.25) is 0 Å². The number of esters is 1. The van der Waals surface area contributed by atoms with Gasteiger partial charge in [-0.2, -0.15) is 4.58 Å². The summed E-state index contributed by atoms with van der Waals surface area (Å²) in [7, 11) is 4.14. The van der Waals surface area contributed by atoms with E-state index in [2.05, 4.69) is 86.0 Å². The van der Waals surface area contributed by atoms with E-state index < -0.39 is 0 Å². The molecule has 0 aromatic heterocycles. The fourth-order valence-electron chi connectivity index (χ4n) is 4.74. The molecule has 0 aliphatic carbocycles. The monoisotopic (exact) mass is 483 g/mol. The summed E-state index contributed by atoms with van der Waals surface area (Å²) in [5, 5.41) is 0. The van der Waals surface area contributed by atoms with E-state index in [9.17, 15) is 4.79 Å². The average molecular weight is 484 g/mol. The fourth-order valence-corrected chi connectivity index (χ4v) is 4.74. The van der Waals surface area contributed by atoms with Crippen LogP contribution < -0.4 is 9.64 Å². The predicted molar refractivity (Wildman–Crippen MR) is 147 cm³/mol. The van der Waals surface area contributed by atoms with Crippen LogP contribution in [0.15, 0.2) is 72.8 Å². The molecule has 186 valence electrons.